The van der Waals surface area contributed by atoms with Crippen LogP contribution in [0.5, 0.6) is 0 Å². The summed E-state index contributed by atoms with van der Waals surface area (Å²) < 4.78 is 0. The lowest BCUT2D eigenvalue weighted by molar-refractivity contribution is -0.131. The largest absolute Gasteiger partial charge is 0.478 e. The zero-order valence-corrected chi connectivity index (χ0v) is 16.9. The van der Waals surface area contributed by atoms with Crippen molar-refractivity contribution in [1.29, 1.82) is 0 Å². The molecule has 2 heteroatoms. The van der Waals surface area contributed by atoms with E-state index in [-0.39, 0.29) is 0 Å². The number of carboxylic acid groups (broad SMARTS) is 1. The first-order valence-electron chi connectivity index (χ1n) is 10.8. The number of hydrogen-bond acceptors (Lipinski definition) is 1. The van der Waals surface area contributed by atoms with Gasteiger partial charge in [0.2, 0.25) is 0 Å². The third-order valence-electron chi connectivity index (χ3n) is 5.84. The van der Waals surface area contributed by atoms with E-state index in [1.54, 1.807) is 6.08 Å². The first-order valence-corrected chi connectivity index (χ1v) is 10.8. The van der Waals surface area contributed by atoms with E-state index in [2.05, 4.69) is 31.2 Å². The number of aryl methyl sites for hydroxylation is 1. The van der Waals surface area contributed by atoms with E-state index in [0.717, 1.165) is 37.2 Å². The average Bonchev–Trinajstić information content (AvgIpc) is 2.68. The van der Waals surface area contributed by atoms with Gasteiger partial charge in [-0.05, 0) is 67.9 Å². The molecule has 148 valence electrons. The summed E-state index contributed by atoms with van der Waals surface area (Å²) in [6.07, 6.45) is 20.9. The highest BCUT2D eigenvalue weighted by molar-refractivity contribution is 5.80. The van der Waals surface area contributed by atoms with E-state index in [1.165, 1.54) is 62.5 Å². The summed E-state index contributed by atoms with van der Waals surface area (Å²) in [4.78, 5) is 10.4. The predicted molar refractivity (Wildman–Crippen MR) is 114 cm³/mol. The predicted octanol–water partition coefficient (Wildman–Crippen LogP) is 7.06. The van der Waals surface area contributed by atoms with Gasteiger partial charge in [0.05, 0.1) is 0 Å². The van der Waals surface area contributed by atoms with Gasteiger partial charge in [-0.3, -0.25) is 0 Å². The standard InChI is InChI=1S/C25H36O2/c1-2-3-7-10-21-13-17-23(18-14-21)24-19-15-22(16-20-24)11-8-5-4-6-9-12-25(26)27/h4,6,9,12,15-16,19-21,23H,2-3,5,7-8,10-11,13-14,17-18H2,1H3,(H,26,27)/b6-4+,12-9+. The van der Waals surface area contributed by atoms with Crippen LogP contribution in [0.2, 0.25) is 0 Å². The number of hydrogen-bond donors (Lipinski definition) is 1. The fraction of sp³-hybridized carbons (Fsp3) is 0.560. The molecule has 0 aromatic heterocycles. The number of carboxylic acids is 1. The molecular weight excluding hydrogens is 332 g/mol. The van der Waals surface area contributed by atoms with E-state index in [1.807, 2.05) is 12.2 Å². The second-order valence-electron chi connectivity index (χ2n) is 7.97. The molecule has 2 nitrogen and oxygen atoms in total. The van der Waals surface area contributed by atoms with Gasteiger partial charge in [-0.1, -0.05) is 75.1 Å². The normalized spacial score (nSPS) is 20.5. The number of carbonyl (C=O) groups is 1. The highest BCUT2D eigenvalue weighted by Gasteiger charge is 2.21. The molecule has 27 heavy (non-hydrogen) atoms. The zero-order chi connectivity index (χ0) is 19.3. The summed E-state index contributed by atoms with van der Waals surface area (Å²) in [6, 6.07) is 9.30. The van der Waals surface area contributed by atoms with Crippen LogP contribution in [0, 0.1) is 5.92 Å². The quantitative estimate of drug-likeness (QED) is 0.258. The number of unbranched alkanes of at least 4 members (excludes halogenated alkanes) is 3. The van der Waals surface area contributed by atoms with E-state index in [4.69, 9.17) is 5.11 Å². The van der Waals surface area contributed by atoms with Gasteiger partial charge >= 0.3 is 5.97 Å². The molecule has 0 spiro atoms. The molecule has 0 unspecified atom stereocenters. The van der Waals surface area contributed by atoms with E-state index >= 15 is 0 Å². The molecule has 1 aliphatic carbocycles. The summed E-state index contributed by atoms with van der Waals surface area (Å²) in [6.45, 7) is 2.29. The van der Waals surface area contributed by atoms with E-state index in [9.17, 15) is 4.79 Å². The lowest BCUT2D eigenvalue weighted by atomic mass is 9.77. The first-order chi connectivity index (χ1) is 13.2. The van der Waals surface area contributed by atoms with Crippen molar-refractivity contribution in [2.75, 3.05) is 0 Å². The summed E-state index contributed by atoms with van der Waals surface area (Å²) in [5, 5.41) is 8.52. The molecule has 0 bridgehead atoms. The highest BCUT2D eigenvalue weighted by Crippen LogP contribution is 2.37. The summed E-state index contributed by atoms with van der Waals surface area (Å²) in [5.74, 6) is 0.848. The van der Waals surface area contributed by atoms with Gasteiger partial charge in [0.1, 0.15) is 0 Å². The van der Waals surface area contributed by atoms with E-state index < -0.39 is 5.97 Å². The Labute approximate surface area is 165 Å². The number of benzene rings is 1. The van der Waals surface area contributed by atoms with Crippen molar-refractivity contribution < 1.29 is 9.90 Å². The van der Waals surface area contributed by atoms with Crippen molar-refractivity contribution in [3.05, 3.63) is 59.7 Å². The Morgan fingerprint density at radius 3 is 2.44 bits per heavy atom. The summed E-state index contributed by atoms with van der Waals surface area (Å²) >= 11 is 0. The molecule has 1 aliphatic rings. The average molecular weight is 369 g/mol. The smallest absolute Gasteiger partial charge is 0.328 e. The minimum Gasteiger partial charge on any atom is -0.478 e. The summed E-state index contributed by atoms with van der Waals surface area (Å²) in [5.41, 5.74) is 2.94. The Bertz CT molecular complexity index is 589. The van der Waals surface area contributed by atoms with Gasteiger partial charge in [0.25, 0.3) is 0 Å². The van der Waals surface area contributed by atoms with Crippen molar-refractivity contribution in [2.24, 2.45) is 5.92 Å². The molecule has 0 atom stereocenters. The van der Waals surface area contributed by atoms with E-state index in [0.29, 0.717) is 0 Å². The van der Waals surface area contributed by atoms with Gasteiger partial charge in [-0.25, -0.2) is 4.79 Å². The van der Waals surface area contributed by atoms with Crippen LogP contribution in [-0.4, -0.2) is 11.1 Å². The second kappa shape index (κ2) is 12.5. The summed E-state index contributed by atoms with van der Waals surface area (Å²) in [7, 11) is 0. The Kier molecular flexibility index (Phi) is 9.97. The molecule has 1 N–H and O–H groups in total. The number of aliphatic carboxylic acids is 1. The van der Waals surface area contributed by atoms with Crippen LogP contribution in [-0.2, 0) is 11.2 Å². The maximum Gasteiger partial charge on any atom is 0.328 e. The minimum atomic E-state index is -0.898. The molecule has 0 aliphatic heterocycles. The fourth-order valence-electron chi connectivity index (χ4n) is 4.16. The Morgan fingerprint density at radius 1 is 1.04 bits per heavy atom. The molecule has 1 fully saturated rings. The molecule has 0 amide bonds. The van der Waals surface area contributed by atoms with Crippen LogP contribution >= 0.6 is 0 Å². The topological polar surface area (TPSA) is 37.3 Å². The van der Waals surface area contributed by atoms with Crippen molar-refractivity contribution in [3.8, 4) is 0 Å². The first kappa shape index (κ1) is 21.5. The third-order valence-corrected chi connectivity index (χ3v) is 5.84. The zero-order valence-electron chi connectivity index (χ0n) is 16.9. The van der Waals surface area contributed by atoms with Gasteiger partial charge in [-0.2, -0.15) is 0 Å². The Balaban J connectivity index is 1.67. The lowest BCUT2D eigenvalue weighted by Gasteiger charge is -2.29. The van der Waals surface area contributed by atoms with Gasteiger partial charge < -0.3 is 5.11 Å². The molecule has 0 heterocycles. The maximum absolute atomic E-state index is 10.4. The van der Waals surface area contributed by atoms with Crippen molar-refractivity contribution >= 4 is 5.97 Å². The second-order valence-corrected chi connectivity index (χ2v) is 7.97. The molecule has 1 aromatic rings. The monoisotopic (exact) mass is 368 g/mol. The SMILES string of the molecule is CCCCCC1CCC(c2ccc(CCC/C=C/C=C/C(=O)O)cc2)CC1. The fourth-order valence-corrected chi connectivity index (χ4v) is 4.16. The maximum atomic E-state index is 10.4. The molecule has 1 saturated carbocycles. The van der Waals surface area contributed by atoms with Gasteiger partial charge in [0.15, 0.2) is 0 Å². The van der Waals surface area contributed by atoms with Crippen LogP contribution in [0.15, 0.2) is 48.6 Å². The van der Waals surface area contributed by atoms with Crippen molar-refractivity contribution in [3.63, 3.8) is 0 Å². The van der Waals surface area contributed by atoms with Gasteiger partial charge in [0, 0.05) is 6.08 Å². The van der Waals surface area contributed by atoms with Gasteiger partial charge in [-0.15, -0.1) is 0 Å². The third kappa shape index (κ3) is 8.60. The van der Waals surface area contributed by atoms with Crippen LogP contribution in [0.25, 0.3) is 0 Å². The molecule has 1 aromatic carbocycles. The van der Waals surface area contributed by atoms with Crippen molar-refractivity contribution in [1.82, 2.24) is 0 Å². The van der Waals surface area contributed by atoms with Crippen molar-refractivity contribution in [2.45, 2.75) is 83.5 Å². The molecular formula is C25H36O2. The Hall–Kier alpha value is -1.83. The van der Waals surface area contributed by atoms with Crippen LogP contribution in [0.4, 0.5) is 0 Å². The van der Waals surface area contributed by atoms with Crippen LogP contribution in [0.1, 0.15) is 88.2 Å². The molecule has 2 rings (SSSR count). The highest BCUT2D eigenvalue weighted by atomic mass is 16.4. The van der Waals surface area contributed by atoms with Crippen LogP contribution in [0.3, 0.4) is 0 Å². The minimum absolute atomic E-state index is 0.769. The lowest BCUT2D eigenvalue weighted by Crippen LogP contribution is -2.13. The number of rotatable bonds is 11. The molecule has 0 saturated heterocycles. The number of allylic oxidation sites excluding steroid dienone is 3. The Morgan fingerprint density at radius 2 is 1.78 bits per heavy atom. The molecule has 0 radical (unpaired) electrons. The van der Waals surface area contributed by atoms with Crippen LogP contribution < -0.4 is 0 Å².